The second-order valence-electron chi connectivity index (χ2n) is 7.90. The Hall–Kier alpha value is -0.500. The summed E-state index contributed by atoms with van der Waals surface area (Å²) < 4.78 is 0. The van der Waals surface area contributed by atoms with Gasteiger partial charge in [-0.3, -0.25) is 0 Å². The summed E-state index contributed by atoms with van der Waals surface area (Å²) in [7, 11) is 0. The quantitative estimate of drug-likeness (QED) is 0.542. The zero-order valence-electron chi connectivity index (χ0n) is 15.0. The topological polar surface area (TPSA) is 24.1 Å². The van der Waals surface area contributed by atoms with Crippen molar-refractivity contribution in [3.05, 3.63) is 12.3 Å². The fourth-order valence-electron chi connectivity index (χ4n) is 1.81. The third kappa shape index (κ3) is 8.63. The summed E-state index contributed by atoms with van der Waals surface area (Å²) in [4.78, 5) is 0. The lowest BCUT2D eigenvalue weighted by atomic mass is 9.81. The Morgan fingerprint density at radius 2 is 1.75 bits per heavy atom. The third-order valence-corrected chi connectivity index (χ3v) is 4.84. The second-order valence-corrected chi connectivity index (χ2v) is 7.90. The molecule has 0 amide bonds. The van der Waals surface area contributed by atoms with Crippen LogP contribution < -0.4 is 10.6 Å². The highest BCUT2D eigenvalue weighted by Crippen LogP contribution is 2.25. The number of nitrogens with one attached hydrogen (secondary N) is 2. The van der Waals surface area contributed by atoms with Crippen molar-refractivity contribution in [1.82, 2.24) is 10.6 Å². The van der Waals surface area contributed by atoms with Crippen LogP contribution >= 0.6 is 0 Å². The van der Waals surface area contributed by atoms with E-state index in [9.17, 15) is 0 Å². The van der Waals surface area contributed by atoms with Gasteiger partial charge in [-0.1, -0.05) is 61.5 Å². The number of rotatable bonds is 11. The van der Waals surface area contributed by atoms with Crippen LogP contribution in [0.3, 0.4) is 0 Å². The molecular formula is C18H38N2. The van der Waals surface area contributed by atoms with E-state index in [1.54, 1.807) is 0 Å². The SMILES string of the molecule is C=C(CNCC(C)(C)C(C)C)NCCCC(C)(C)CC. The Morgan fingerprint density at radius 1 is 1.15 bits per heavy atom. The minimum absolute atomic E-state index is 0.339. The minimum atomic E-state index is 0.339. The standard InChI is InChI=1S/C18H38N2/c1-9-17(5,6)11-10-12-20-16(4)13-19-14-18(7,8)15(2)3/h15,19-20H,4,9-14H2,1-3,5-8H3. The molecule has 120 valence electrons. The van der Waals surface area contributed by atoms with Crippen molar-refractivity contribution in [1.29, 1.82) is 0 Å². The molecule has 20 heavy (non-hydrogen) atoms. The highest BCUT2D eigenvalue weighted by molar-refractivity contribution is 4.94. The summed E-state index contributed by atoms with van der Waals surface area (Å²) in [6.07, 6.45) is 3.74. The first-order chi connectivity index (χ1) is 9.10. The summed E-state index contributed by atoms with van der Waals surface area (Å²) in [5, 5.41) is 6.95. The molecule has 0 aromatic rings. The van der Waals surface area contributed by atoms with Gasteiger partial charge >= 0.3 is 0 Å². The minimum Gasteiger partial charge on any atom is -0.388 e. The average Bonchev–Trinajstić information content (AvgIpc) is 2.34. The van der Waals surface area contributed by atoms with E-state index >= 15 is 0 Å². The van der Waals surface area contributed by atoms with E-state index in [2.05, 4.69) is 65.7 Å². The maximum atomic E-state index is 4.10. The van der Waals surface area contributed by atoms with Crippen molar-refractivity contribution < 1.29 is 0 Å². The van der Waals surface area contributed by atoms with Crippen molar-refractivity contribution in [3.8, 4) is 0 Å². The van der Waals surface area contributed by atoms with Gasteiger partial charge in [0.05, 0.1) is 0 Å². The van der Waals surface area contributed by atoms with Crippen LogP contribution in [0.25, 0.3) is 0 Å². The first-order valence-electron chi connectivity index (χ1n) is 8.23. The number of hydrogen-bond acceptors (Lipinski definition) is 2. The molecule has 0 saturated heterocycles. The highest BCUT2D eigenvalue weighted by atomic mass is 15.0. The van der Waals surface area contributed by atoms with E-state index < -0.39 is 0 Å². The lowest BCUT2D eigenvalue weighted by Crippen LogP contribution is -2.36. The van der Waals surface area contributed by atoms with E-state index in [0.717, 1.165) is 25.3 Å². The molecule has 0 spiro atoms. The third-order valence-electron chi connectivity index (χ3n) is 4.84. The monoisotopic (exact) mass is 282 g/mol. The Balaban J connectivity index is 3.71. The summed E-state index contributed by atoms with van der Waals surface area (Å²) >= 11 is 0. The molecule has 0 bridgehead atoms. The van der Waals surface area contributed by atoms with E-state index in [0.29, 0.717) is 16.7 Å². The van der Waals surface area contributed by atoms with Crippen molar-refractivity contribution in [2.45, 2.75) is 67.7 Å². The van der Waals surface area contributed by atoms with Gasteiger partial charge in [-0.2, -0.15) is 0 Å². The van der Waals surface area contributed by atoms with Crippen molar-refractivity contribution in [2.75, 3.05) is 19.6 Å². The lowest BCUT2D eigenvalue weighted by Gasteiger charge is -2.29. The summed E-state index contributed by atoms with van der Waals surface area (Å²) in [5.74, 6) is 0.687. The Bertz CT molecular complexity index is 277. The van der Waals surface area contributed by atoms with Gasteiger partial charge in [-0.15, -0.1) is 0 Å². The van der Waals surface area contributed by atoms with Gasteiger partial charge in [-0.25, -0.2) is 0 Å². The van der Waals surface area contributed by atoms with Gasteiger partial charge in [0.2, 0.25) is 0 Å². The van der Waals surface area contributed by atoms with Gasteiger partial charge in [0.25, 0.3) is 0 Å². The van der Waals surface area contributed by atoms with E-state index in [1.165, 1.54) is 19.3 Å². The molecule has 0 aromatic carbocycles. The van der Waals surface area contributed by atoms with Crippen LogP contribution in [0.5, 0.6) is 0 Å². The van der Waals surface area contributed by atoms with E-state index in [1.807, 2.05) is 0 Å². The van der Waals surface area contributed by atoms with Crippen LogP contribution in [0.1, 0.15) is 67.7 Å². The molecule has 0 aromatic heterocycles. The zero-order chi connectivity index (χ0) is 15.8. The van der Waals surface area contributed by atoms with Crippen LogP contribution in [0.2, 0.25) is 0 Å². The summed E-state index contributed by atoms with van der Waals surface area (Å²) in [5.41, 5.74) is 1.92. The van der Waals surface area contributed by atoms with Gasteiger partial charge < -0.3 is 10.6 Å². The lowest BCUT2D eigenvalue weighted by molar-refractivity contribution is 0.240. The molecule has 0 heterocycles. The molecule has 2 heteroatoms. The predicted molar refractivity (Wildman–Crippen MR) is 91.9 cm³/mol. The molecule has 0 unspecified atom stereocenters. The van der Waals surface area contributed by atoms with Gasteiger partial charge in [0.15, 0.2) is 0 Å². The van der Waals surface area contributed by atoms with Gasteiger partial charge in [-0.05, 0) is 29.6 Å². The van der Waals surface area contributed by atoms with Gasteiger partial charge in [0.1, 0.15) is 0 Å². The fourth-order valence-corrected chi connectivity index (χ4v) is 1.81. The van der Waals surface area contributed by atoms with Gasteiger partial charge in [0, 0.05) is 25.3 Å². The molecule has 2 N–H and O–H groups in total. The summed E-state index contributed by atoms with van der Waals surface area (Å²) in [6.45, 7) is 23.2. The van der Waals surface area contributed by atoms with E-state index in [-0.39, 0.29) is 0 Å². The Kier molecular flexibility index (Phi) is 8.50. The maximum absolute atomic E-state index is 4.10. The largest absolute Gasteiger partial charge is 0.388 e. The predicted octanol–water partition coefficient (Wildman–Crippen LogP) is 4.58. The molecule has 2 nitrogen and oxygen atoms in total. The fraction of sp³-hybridized carbons (Fsp3) is 0.889. The first-order valence-corrected chi connectivity index (χ1v) is 8.23. The first kappa shape index (κ1) is 19.5. The smallest absolute Gasteiger partial charge is 0.0348 e. The Labute approximate surface area is 127 Å². The molecule has 0 rings (SSSR count). The molecular weight excluding hydrogens is 244 g/mol. The Morgan fingerprint density at radius 3 is 2.25 bits per heavy atom. The molecule has 0 atom stereocenters. The zero-order valence-corrected chi connectivity index (χ0v) is 15.0. The average molecular weight is 283 g/mol. The van der Waals surface area contributed by atoms with Crippen LogP contribution in [0.4, 0.5) is 0 Å². The molecule has 0 saturated carbocycles. The second kappa shape index (κ2) is 8.71. The van der Waals surface area contributed by atoms with Crippen molar-refractivity contribution in [3.63, 3.8) is 0 Å². The van der Waals surface area contributed by atoms with E-state index in [4.69, 9.17) is 0 Å². The van der Waals surface area contributed by atoms with Crippen LogP contribution in [0.15, 0.2) is 12.3 Å². The van der Waals surface area contributed by atoms with Crippen LogP contribution in [-0.2, 0) is 0 Å². The molecule has 0 aliphatic heterocycles. The molecule has 0 fully saturated rings. The molecule has 0 radical (unpaired) electrons. The highest BCUT2D eigenvalue weighted by Gasteiger charge is 2.21. The van der Waals surface area contributed by atoms with Crippen molar-refractivity contribution >= 4 is 0 Å². The molecule has 0 aliphatic carbocycles. The van der Waals surface area contributed by atoms with Crippen molar-refractivity contribution in [2.24, 2.45) is 16.7 Å². The maximum Gasteiger partial charge on any atom is 0.0348 e. The summed E-state index contributed by atoms with van der Waals surface area (Å²) in [6, 6.07) is 0. The van der Waals surface area contributed by atoms with Crippen LogP contribution in [0, 0.1) is 16.7 Å². The molecule has 0 aliphatic rings. The van der Waals surface area contributed by atoms with Crippen LogP contribution in [-0.4, -0.2) is 19.6 Å². The normalized spacial score (nSPS) is 12.8. The number of hydrogen-bond donors (Lipinski definition) is 2.